The number of nitrogens with zero attached hydrogens (tertiary/aromatic N) is 2. The molecule has 0 amide bonds. The maximum atomic E-state index is 13.2. The minimum atomic E-state index is -0.384. The van der Waals surface area contributed by atoms with Crippen LogP contribution in [0.1, 0.15) is 24.3 Å². The molecule has 0 bridgehead atoms. The summed E-state index contributed by atoms with van der Waals surface area (Å²) in [6, 6.07) is 5.76. The van der Waals surface area contributed by atoms with Crippen molar-refractivity contribution in [2.24, 2.45) is 0 Å². The van der Waals surface area contributed by atoms with Gasteiger partial charge in [-0.1, -0.05) is 0 Å². The van der Waals surface area contributed by atoms with Gasteiger partial charge in [-0.2, -0.15) is 10.2 Å². The summed E-state index contributed by atoms with van der Waals surface area (Å²) in [7, 11) is 0. The molecular weight excluding hydrogens is 219 g/mol. The minimum Gasteiger partial charge on any atom is -0.507 e. The number of phenolic OH excluding ortho intramolecular Hbond substituents is 1. The van der Waals surface area contributed by atoms with Gasteiger partial charge in [0.15, 0.2) is 0 Å². The number of phenols is 1. The molecule has 1 saturated carbocycles. The van der Waals surface area contributed by atoms with Gasteiger partial charge in [0.05, 0.1) is 0 Å². The minimum absolute atomic E-state index is 0.0359. The van der Waals surface area contributed by atoms with Crippen LogP contribution in [0, 0.1) is 5.82 Å². The molecule has 0 radical (unpaired) electrons. The van der Waals surface area contributed by atoms with E-state index in [0.717, 1.165) is 18.4 Å². The van der Waals surface area contributed by atoms with Crippen molar-refractivity contribution in [2.45, 2.75) is 18.8 Å². The monoisotopic (exact) mass is 230 g/mol. The molecule has 1 aliphatic carbocycles. The van der Waals surface area contributed by atoms with Gasteiger partial charge in [0.1, 0.15) is 17.3 Å². The molecule has 0 saturated heterocycles. The van der Waals surface area contributed by atoms with E-state index < -0.39 is 0 Å². The fraction of sp³-hybridized carbons (Fsp3) is 0.231. The first kappa shape index (κ1) is 10.2. The predicted octanol–water partition coefficient (Wildman–Crippen LogP) is 2.87. The van der Waals surface area contributed by atoms with Gasteiger partial charge < -0.3 is 5.11 Å². The van der Waals surface area contributed by atoms with Crippen LogP contribution in [0.25, 0.3) is 11.3 Å². The standard InChI is InChI=1S/C13H11FN2O/c14-9-3-4-12(17)11(7-9)13-10(8-1-2-8)5-6-15-16-13/h3-8,17H,1-2H2. The zero-order valence-electron chi connectivity index (χ0n) is 9.10. The number of rotatable bonds is 2. The predicted molar refractivity (Wildman–Crippen MR) is 61.1 cm³/mol. The van der Waals surface area contributed by atoms with Crippen LogP contribution in [0.3, 0.4) is 0 Å². The van der Waals surface area contributed by atoms with E-state index in [-0.39, 0.29) is 11.6 Å². The lowest BCUT2D eigenvalue weighted by Gasteiger charge is -2.08. The van der Waals surface area contributed by atoms with Gasteiger partial charge in [0.2, 0.25) is 0 Å². The molecule has 1 aromatic carbocycles. The molecule has 17 heavy (non-hydrogen) atoms. The number of hydrogen-bond donors (Lipinski definition) is 1. The lowest BCUT2D eigenvalue weighted by Crippen LogP contribution is -1.94. The van der Waals surface area contributed by atoms with Gasteiger partial charge in [-0.05, 0) is 48.6 Å². The normalized spacial score (nSPS) is 14.9. The molecule has 0 unspecified atom stereocenters. The molecule has 3 rings (SSSR count). The second-order valence-corrected chi connectivity index (χ2v) is 4.27. The molecular formula is C13H11FN2O. The Hall–Kier alpha value is -1.97. The highest BCUT2D eigenvalue weighted by Crippen LogP contribution is 2.44. The summed E-state index contributed by atoms with van der Waals surface area (Å²) in [6.45, 7) is 0. The highest BCUT2D eigenvalue weighted by Gasteiger charge is 2.28. The number of hydrogen-bond acceptors (Lipinski definition) is 3. The van der Waals surface area contributed by atoms with Crippen LogP contribution in [0.4, 0.5) is 4.39 Å². The van der Waals surface area contributed by atoms with Crippen molar-refractivity contribution in [3.8, 4) is 17.0 Å². The van der Waals surface area contributed by atoms with Crippen molar-refractivity contribution in [2.75, 3.05) is 0 Å². The van der Waals surface area contributed by atoms with E-state index in [4.69, 9.17) is 0 Å². The Labute approximate surface area is 97.9 Å². The van der Waals surface area contributed by atoms with E-state index in [1.807, 2.05) is 6.07 Å². The van der Waals surface area contributed by atoms with E-state index >= 15 is 0 Å². The van der Waals surface area contributed by atoms with Crippen molar-refractivity contribution in [1.82, 2.24) is 10.2 Å². The maximum absolute atomic E-state index is 13.2. The van der Waals surface area contributed by atoms with Crippen LogP contribution in [-0.4, -0.2) is 15.3 Å². The van der Waals surface area contributed by atoms with Crippen molar-refractivity contribution < 1.29 is 9.50 Å². The van der Waals surface area contributed by atoms with Crippen LogP contribution in [0.15, 0.2) is 30.5 Å². The molecule has 0 atom stereocenters. The largest absolute Gasteiger partial charge is 0.507 e. The molecule has 1 heterocycles. The van der Waals surface area contributed by atoms with E-state index in [9.17, 15) is 9.50 Å². The topological polar surface area (TPSA) is 46.0 Å². The summed E-state index contributed by atoms with van der Waals surface area (Å²) < 4.78 is 13.2. The molecule has 1 aromatic heterocycles. The Morgan fingerprint density at radius 2 is 2.06 bits per heavy atom. The third-order valence-electron chi connectivity index (χ3n) is 2.98. The summed E-state index contributed by atoms with van der Waals surface area (Å²) in [5.74, 6) is 0.127. The molecule has 86 valence electrons. The lowest BCUT2D eigenvalue weighted by molar-refractivity contribution is 0.475. The van der Waals surface area contributed by atoms with Crippen LogP contribution in [0.2, 0.25) is 0 Å². The van der Waals surface area contributed by atoms with Gasteiger partial charge >= 0.3 is 0 Å². The molecule has 4 heteroatoms. The SMILES string of the molecule is Oc1ccc(F)cc1-c1nnccc1C1CC1. The fourth-order valence-electron chi connectivity index (χ4n) is 1.97. The Morgan fingerprint density at radius 1 is 1.24 bits per heavy atom. The molecule has 1 fully saturated rings. The Bertz CT molecular complexity index is 567. The summed E-state index contributed by atoms with van der Waals surface area (Å²) in [4.78, 5) is 0. The number of benzene rings is 1. The Kier molecular flexibility index (Phi) is 2.28. The van der Waals surface area contributed by atoms with Gasteiger partial charge in [0, 0.05) is 11.8 Å². The lowest BCUT2D eigenvalue weighted by atomic mass is 10.0. The van der Waals surface area contributed by atoms with Gasteiger partial charge in [0.25, 0.3) is 0 Å². The fourth-order valence-corrected chi connectivity index (χ4v) is 1.97. The first-order valence-corrected chi connectivity index (χ1v) is 5.56. The Balaban J connectivity index is 2.17. The molecule has 1 aliphatic rings. The molecule has 0 spiro atoms. The maximum Gasteiger partial charge on any atom is 0.125 e. The Morgan fingerprint density at radius 3 is 2.82 bits per heavy atom. The quantitative estimate of drug-likeness (QED) is 0.862. The average molecular weight is 230 g/mol. The van der Waals surface area contributed by atoms with Crippen molar-refractivity contribution in [3.63, 3.8) is 0 Å². The number of aromatic hydroxyl groups is 1. The highest BCUT2D eigenvalue weighted by molar-refractivity contribution is 5.70. The third kappa shape index (κ3) is 1.86. The van der Waals surface area contributed by atoms with Crippen LogP contribution in [0.5, 0.6) is 5.75 Å². The highest BCUT2D eigenvalue weighted by atomic mass is 19.1. The van der Waals surface area contributed by atoms with Crippen LogP contribution in [-0.2, 0) is 0 Å². The zero-order valence-corrected chi connectivity index (χ0v) is 9.10. The van der Waals surface area contributed by atoms with Gasteiger partial charge in [-0.3, -0.25) is 0 Å². The molecule has 2 aromatic rings. The summed E-state index contributed by atoms with van der Waals surface area (Å²) >= 11 is 0. The van der Waals surface area contributed by atoms with Crippen LogP contribution >= 0.6 is 0 Å². The smallest absolute Gasteiger partial charge is 0.125 e. The van der Waals surface area contributed by atoms with Crippen molar-refractivity contribution >= 4 is 0 Å². The van der Waals surface area contributed by atoms with E-state index in [1.165, 1.54) is 18.2 Å². The van der Waals surface area contributed by atoms with Crippen LogP contribution < -0.4 is 0 Å². The third-order valence-corrected chi connectivity index (χ3v) is 2.98. The number of halogens is 1. The van der Waals surface area contributed by atoms with Gasteiger partial charge in [-0.15, -0.1) is 0 Å². The van der Waals surface area contributed by atoms with Crippen molar-refractivity contribution in [3.05, 3.63) is 41.8 Å². The van der Waals surface area contributed by atoms with E-state index in [1.54, 1.807) is 6.20 Å². The first-order valence-electron chi connectivity index (χ1n) is 5.56. The van der Waals surface area contributed by atoms with Gasteiger partial charge in [-0.25, -0.2) is 4.39 Å². The summed E-state index contributed by atoms with van der Waals surface area (Å²) in [5.41, 5.74) is 2.05. The summed E-state index contributed by atoms with van der Waals surface area (Å²) in [5, 5.41) is 17.6. The average Bonchev–Trinajstić information content (AvgIpc) is 3.16. The zero-order chi connectivity index (χ0) is 11.8. The van der Waals surface area contributed by atoms with E-state index in [0.29, 0.717) is 17.2 Å². The number of aromatic nitrogens is 2. The molecule has 1 N–H and O–H groups in total. The second-order valence-electron chi connectivity index (χ2n) is 4.27. The van der Waals surface area contributed by atoms with E-state index in [2.05, 4.69) is 10.2 Å². The first-order chi connectivity index (χ1) is 8.25. The molecule has 3 nitrogen and oxygen atoms in total. The molecule has 0 aliphatic heterocycles. The summed E-state index contributed by atoms with van der Waals surface area (Å²) in [6.07, 6.45) is 3.87. The van der Waals surface area contributed by atoms with Crippen molar-refractivity contribution in [1.29, 1.82) is 0 Å². The second kappa shape index (κ2) is 3.80.